The second-order valence-corrected chi connectivity index (χ2v) is 14.0. The van der Waals surface area contributed by atoms with Gasteiger partial charge in [-0.2, -0.15) is 0 Å². The molecule has 2 saturated carbocycles. The fourth-order valence-corrected chi connectivity index (χ4v) is 7.51. The normalized spacial score (nSPS) is 31.6. The van der Waals surface area contributed by atoms with Crippen LogP contribution in [-0.2, 0) is 30.3 Å². The number of esters is 2. The number of ether oxygens (including phenoxy) is 3. The number of benzene rings is 1. The highest BCUT2D eigenvalue weighted by Crippen LogP contribution is 2.58. The van der Waals surface area contributed by atoms with Gasteiger partial charge in [-0.3, -0.25) is 9.59 Å². The summed E-state index contributed by atoms with van der Waals surface area (Å²) in [5.41, 5.74) is 1.35. The number of nitrogens with zero attached hydrogens (tertiary/aromatic N) is 3. The molecule has 2 aliphatic heterocycles. The molecule has 1 aromatic carbocycles. The first-order valence-electron chi connectivity index (χ1n) is 15.8. The molecule has 6 rings (SSSR count). The largest absolute Gasteiger partial charge is 0.508 e. The van der Waals surface area contributed by atoms with Crippen molar-refractivity contribution in [3.63, 3.8) is 0 Å². The maximum Gasteiger partial charge on any atom is 0.328 e. The average Bonchev–Trinajstić information content (AvgIpc) is 3.45. The van der Waals surface area contributed by atoms with Crippen molar-refractivity contribution < 1.29 is 33.7 Å². The number of phenolic OH excluding ortho intramolecular Hbond substituents is 1. The summed E-state index contributed by atoms with van der Waals surface area (Å²) >= 11 is 0. The van der Waals surface area contributed by atoms with Crippen molar-refractivity contribution in [2.75, 3.05) is 13.7 Å². The third-order valence-corrected chi connectivity index (χ3v) is 9.97. The molecule has 1 N–H and O–H groups in total. The minimum absolute atomic E-state index is 0.0411. The van der Waals surface area contributed by atoms with E-state index in [1.165, 1.54) is 18.4 Å². The highest BCUT2D eigenvalue weighted by atomic mass is 16.5. The summed E-state index contributed by atoms with van der Waals surface area (Å²) in [5.74, 6) is 0.252. The van der Waals surface area contributed by atoms with Gasteiger partial charge in [-0.15, -0.1) is 0 Å². The number of aromatic hydroxyl groups is 1. The number of carbonyl (C=O) groups is 3. The maximum absolute atomic E-state index is 14.2. The van der Waals surface area contributed by atoms with Gasteiger partial charge in [-0.25, -0.2) is 14.8 Å². The minimum atomic E-state index is -0.849. The highest BCUT2D eigenvalue weighted by molar-refractivity contribution is 5.89. The van der Waals surface area contributed by atoms with Crippen molar-refractivity contribution in [2.24, 2.45) is 29.1 Å². The second kappa shape index (κ2) is 11.6. The van der Waals surface area contributed by atoms with Crippen LogP contribution in [0.15, 0.2) is 18.2 Å². The Bertz CT molecular complexity index is 1400. The molecule has 0 unspecified atom stereocenters. The molecule has 1 aromatic heterocycles. The predicted molar refractivity (Wildman–Crippen MR) is 157 cm³/mol. The van der Waals surface area contributed by atoms with E-state index in [1.54, 1.807) is 18.2 Å². The molecular weight excluding hydrogens is 550 g/mol. The second-order valence-electron chi connectivity index (χ2n) is 14.0. The lowest BCUT2D eigenvalue weighted by Gasteiger charge is -2.34. The molecular formula is C33H43N3O7. The molecule has 3 fully saturated rings. The van der Waals surface area contributed by atoms with Gasteiger partial charge in [0.05, 0.1) is 37.0 Å². The molecule has 1 saturated heterocycles. The zero-order valence-corrected chi connectivity index (χ0v) is 25.6. The number of hydrogen-bond acceptors (Lipinski definition) is 9. The molecule has 2 aliphatic carbocycles. The number of aryl methyl sites for hydroxylation is 1. The van der Waals surface area contributed by atoms with Gasteiger partial charge in [0.15, 0.2) is 0 Å². The van der Waals surface area contributed by atoms with E-state index in [0.29, 0.717) is 41.1 Å². The molecule has 43 heavy (non-hydrogen) atoms. The number of amides is 1. The molecule has 2 bridgehead atoms. The molecule has 2 aromatic rings. The zero-order chi connectivity index (χ0) is 30.5. The summed E-state index contributed by atoms with van der Waals surface area (Å²) in [5, 5.41) is 10.1. The van der Waals surface area contributed by atoms with Gasteiger partial charge < -0.3 is 24.2 Å². The molecule has 0 radical (unpaired) electrons. The molecule has 3 heterocycles. The van der Waals surface area contributed by atoms with Crippen molar-refractivity contribution >= 4 is 28.9 Å². The van der Waals surface area contributed by atoms with Crippen LogP contribution in [0.5, 0.6) is 11.6 Å². The molecule has 4 aliphatic rings. The Morgan fingerprint density at radius 3 is 2.60 bits per heavy atom. The lowest BCUT2D eigenvalue weighted by atomic mass is 9.77. The molecule has 232 valence electrons. The number of carbonyl (C=O) groups excluding carboxylic acids is 3. The highest BCUT2D eigenvalue weighted by Gasteiger charge is 2.54. The Labute approximate surface area is 252 Å². The molecule has 0 spiro atoms. The molecule has 7 atom stereocenters. The Morgan fingerprint density at radius 2 is 1.84 bits per heavy atom. The van der Waals surface area contributed by atoms with Crippen molar-refractivity contribution in [1.82, 2.24) is 14.9 Å². The first-order chi connectivity index (χ1) is 20.5. The van der Waals surface area contributed by atoms with E-state index in [1.807, 2.05) is 20.8 Å². The van der Waals surface area contributed by atoms with E-state index in [0.717, 1.165) is 37.8 Å². The van der Waals surface area contributed by atoms with Crippen molar-refractivity contribution in [1.29, 1.82) is 0 Å². The Balaban J connectivity index is 1.34. The summed E-state index contributed by atoms with van der Waals surface area (Å²) < 4.78 is 17.6. The zero-order valence-electron chi connectivity index (χ0n) is 25.6. The third-order valence-electron chi connectivity index (χ3n) is 9.97. The van der Waals surface area contributed by atoms with Gasteiger partial charge in [0.2, 0.25) is 11.8 Å². The summed E-state index contributed by atoms with van der Waals surface area (Å²) in [4.78, 5) is 51.5. The van der Waals surface area contributed by atoms with Crippen LogP contribution < -0.4 is 4.74 Å². The van der Waals surface area contributed by atoms with Gasteiger partial charge in [-0.1, -0.05) is 33.6 Å². The molecule has 10 heteroatoms. The Kier molecular flexibility index (Phi) is 7.98. The van der Waals surface area contributed by atoms with Crippen molar-refractivity contribution in [3.05, 3.63) is 23.9 Å². The van der Waals surface area contributed by atoms with E-state index in [2.05, 4.69) is 0 Å². The smallest absolute Gasteiger partial charge is 0.328 e. The Morgan fingerprint density at radius 1 is 1.02 bits per heavy atom. The van der Waals surface area contributed by atoms with Crippen LogP contribution in [0.2, 0.25) is 0 Å². The topological polar surface area (TPSA) is 128 Å². The lowest BCUT2D eigenvalue weighted by molar-refractivity contribution is -0.160. The van der Waals surface area contributed by atoms with Gasteiger partial charge in [-0.05, 0) is 67.4 Å². The van der Waals surface area contributed by atoms with Crippen LogP contribution in [0, 0.1) is 29.1 Å². The number of rotatable bonds is 1. The number of phenols is 1. The van der Waals surface area contributed by atoms with E-state index in [-0.39, 0.29) is 43.1 Å². The number of methoxy groups -OCH3 is 1. The number of fused-ring (bicyclic) bond motifs is 7. The van der Waals surface area contributed by atoms with E-state index >= 15 is 0 Å². The maximum atomic E-state index is 14.2. The van der Waals surface area contributed by atoms with Crippen LogP contribution in [0.3, 0.4) is 0 Å². The first kappa shape index (κ1) is 29.6. The van der Waals surface area contributed by atoms with Crippen LogP contribution in [0.1, 0.15) is 77.8 Å². The SMILES string of the molecule is COC(=O)[C@@H]1C[C@@H]2CN1C(=O)[C@H](C(C)(C)C)CC(=O)O[C@@H]1C[C@@H]3C[C@@H]3[C@H]1CCCCCc1nc3ccc(O)cc3nc1O2. The van der Waals surface area contributed by atoms with E-state index in [9.17, 15) is 19.5 Å². The van der Waals surface area contributed by atoms with Crippen LogP contribution in [-0.4, -0.2) is 69.7 Å². The number of hydrogen-bond donors (Lipinski definition) is 1. The molecule has 10 nitrogen and oxygen atoms in total. The van der Waals surface area contributed by atoms with Crippen LogP contribution >= 0.6 is 0 Å². The van der Waals surface area contributed by atoms with E-state index in [4.69, 9.17) is 24.2 Å². The predicted octanol–water partition coefficient (Wildman–Crippen LogP) is 4.59. The summed E-state index contributed by atoms with van der Waals surface area (Å²) in [7, 11) is 1.31. The fourth-order valence-electron chi connectivity index (χ4n) is 7.51. The van der Waals surface area contributed by atoms with Crippen molar-refractivity contribution in [2.45, 2.75) is 96.8 Å². The molecule has 1 amide bonds. The van der Waals surface area contributed by atoms with Gasteiger partial charge in [0.25, 0.3) is 0 Å². The minimum Gasteiger partial charge on any atom is -0.508 e. The quantitative estimate of drug-likeness (QED) is 0.472. The van der Waals surface area contributed by atoms with Gasteiger partial charge >= 0.3 is 11.9 Å². The third kappa shape index (κ3) is 6.15. The monoisotopic (exact) mass is 593 g/mol. The van der Waals surface area contributed by atoms with Crippen LogP contribution in [0.25, 0.3) is 11.0 Å². The van der Waals surface area contributed by atoms with Gasteiger partial charge in [0.1, 0.15) is 29.7 Å². The number of aromatic nitrogens is 2. The van der Waals surface area contributed by atoms with Gasteiger partial charge in [0, 0.05) is 12.5 Å². The Hall–Kier alpha value is -3.43. The standard InChI is InChI=1S/C33H43N3O7/c1-33(2,3)23-16-29(38)43-28-13-18-12-22(18)21(28)8-6-5-7-9-25-30(35-26-14-19(37)10-11-24(26)34-25)42-20-15-27(32(40)41-4)36(17-20)31(23)39/h10-11,14,18,20-23,27-28,37H,5-9,12-13,15-17H2,1-4H3/t18-,20+,21+,22-,23+,27-,28+/m0/s1. The van der Waals surface area contributed by atoms with E-state index < -0.39 is 29.4 Å². The summed E-state index contributed by atoms with van der Waals surface area (Å²) in [6, 6.07) is 4.04. The summed E-state index contributed by atoms with van der Waals surface area (Å²) in [6.45, 7) is 5.96. The average molecular weight is 594 g/mol. The van der Waals surface area contributed by atoms with Crippen molar-refractivity contribution in [3.8, 4) is 11.6 Å². The van der Waals surface area contributed by atoms with Crippen LogP contribution in [0.4, 0.5) is 0 Å². The summed E-state index contributed by atoms with van der Waals surface area (Å²) in [6.07, 6.45) is 6.31. The lowest BCUT2D eigenvalue weighted by Crippen LogP contribution is -2.48. The fraction of sp³-hybridized carbons (Fsp3) is 0.667. The first-order valence-corrected chi connectivity index (χ1v) is 15.8.